The van der Waals surface area contributed by atoms with E-state index in [1.165, 1.54) is 12.4 Å². The summed E-state index contributed by atoms with van der Waals surface area (Å²) < 4.78 is 6.69. The smallest absolute Gasteiger partial charge is 0.272 e. The SMILES string of the molecule is Cc1ccc(C(=O)N/N=C/c2ccc(-c3ccc(Br)cc3)o2)cn1. The summed E-state index contributed by atoms with van der Waals surface area (Å²) in [6.07, 6.45) is 2.97. The minimum atomic E-state index is -0.321. The van der Waals surface area contributed by atoms with Gasteiger partial charge in [0.1, 0.15) is 11.5 Å². The normalized spacial score (nSPS) is 10.9. The second kappa shape index (κ2) is 7.23. The first-order chi connectivity index (χ1) is 11.6. The summed E-state index contributed by atoms with van der Waals surface area (Å²) in [7, 11) is 0. The molecule has 5 nitrogen and oxygen atoms in total. The second-order valence-corrected chi connectivity index (χ2v) is 6.01. The van der Waals surface area contributed by atoms with Gasteiger partial charge >= 0.3 is 0 Å². The second-order valence-electron chi connectivity index (χ2n) is 5.10. The number of nitrogens with zero attached hydrogens (tertiary/aromatic N) is 2. The van der Waals surface area contributed by atoms with Crippen LogP contribution in [0.4, 0.5) is 0 Å². The van der Waals surface area contributed by atoms with Crippen LogP contribution >= 0.6 is 15.9 Å². The third-order valence-corrected chi connectivity index (χ3v) is 3.82. The topological polar surface area (TPSA) is 67.5 Å². The standard InChI is InChI=1S/C18H14BrN3O2/c1-12-2-3-14(10-20-12)18(23)22-21-11-16-8-9-17(24-16)13-4-6-15(19)7-5-13/h2-11H,1H3,(H,22,23)/b21-11+. The van der Waals surface area contributed by atoms with Crippen molar-refractivity contribution in [1.29, 1.82) is 0 Å². The van der Waals surface area contributed by atoms with Gasteiger partial charge in [-0.05, 0) is 43.3 Å². The molecule has 0 aliphatic rings. The number of aryl methyl sites for hydroxylation is 1. The number of hydrogen-bond acceptors (Lipinski definition) is 4. The molecule has 0 unspecified atom stereocenters. The molecule has 2 heterocycles. The molecule has 1 aromatic carbocycles. The zero-order valence-corrected chi connectivity index (χ0v) is 14.4. The molecule has 2 aromatic heterocycles. The van der Waals surface area contributed by atoms with Gasteiger partial charge in [0.2, 0.25) is 0 Å². The molecule has 1 amide bonds. The number of pyridine rings is 1. The van der Waals surface area contributed by atoms with Gasteiger partial charge in [-0.3, -0.25) is 9.78 Å². The number of carbonyl (C=O) groups excluding carboxylic acids is 1. The molecule has 0 saturated carbocycles. The van der Waals surface area contributed by atoms with Crippen LogP contribution in [0, 0.1) is 6.92 Å². The number of hydrogen-bond donors (Lipinski definition) is 1. The van der Waals surface area contributed by atoms with E-state index in [-0.39, 0.29) is 5.91 Å². The van der Waals surface area contributed by atoms with Crippen LogP contribution in [0.2, 0.25) is 0 Å². The van der Waals surface area contributed by atoms with Crippen LogP contribution in [0.25, 0.3) is 11.3 Å². The van der Waals surface area contributed by atoms with E-state index in [2.05, 4.69) is 31.4 Å². The number of rotatable bonds is 4. The van der Waals surface area contributed by atoms with Gasteiger partial charge in [0.25, 0.3) is 5.91 Å². The van der Waals surface area contributed by atoms with Crippen molar-refractivity contribution in [2.45, 2.75) is 6.92 Å². The third-order valence-electron chi connectivity index (χ3n) is 3.29. The molecular weight excluding hydrogens is 370 g/mol. The molecule has 0 aliphatic heterocycles. The lowest BCUT2D eigenvalue weighted by atomic mass is 10.2. The molecule has 0 atom stereocenters. The summed E-state index contributed by atoms with van der Waals surface area (Å²) in [6.45, 7) is 1.86. The largest absolute Gasteiger partial charge is 0.455 e. The fourth-order valence-electron chi connectivity index (χ4n) is 2.01. The average Bonchev–Trinajstić information content (AvgIpc) is 3.05. The lowest BCUT2D eigenvalue weighted by Gasteiger charge is -1.99. The van der Waals surface area contributed by atoms with E-state index in [1.807, 2.05) is 37.3 Å². The molecule has 0 aliphatic carbocycles. The maximum Gasteiger partial charge on any atom is 0.272 e. The predicted octanol–water partition coefficient (Wildman–Crippen LogP) is 4.18. The molecule has 3 rings (SSSR count). The van der Waals surface area contributed by atoms with Crippen molar-refractivity contribution < 1.29 is 9.21 Å². The number of furan rings is 1. The van der Waals surface area contributed by atoms with Gasteiger partial charge in [-0.15, -0.1) is 0 Å². The molecule has 0 saturated heterocycles. The molecule has 120 valence electrons. The van der Waals surface area contributed by atoms with Crippen LogP contribution in [-0.2, 0) is 0 Å². The van der Waals surface area contributed by atoms with E-state index in [0.29, 0.717) is 11.3 Å². The van der Waals surface area contributed by atoms with Crippen molar-refractivity contribution in [2.24, 2.45) is 5.10 Å². The predicted molar refractivity (Wildman–Crippen MR) is 95.9 cm³/mol. The van der Waals surface area contributed by atoms with Gasteiger partial charge in [0, 0.05) is 21.9 Å². The summed E-state index contributed by atoms with van der Waals surface area (Å²) in [4.78, 5) is 16.0. The minimum absolute atomic E-state index is 0.321. The fourth-order valence-corrected chi connectivity index (χ4v) is 2.28. The number of benzene rings is 1. The van der Waals surface area contributed by atoms with Crippen LogP contribution in [0.1, 0.15) is 21.8 Å². The van der Waals surface area contributed by atoms with Crippen molar-refractivity contribution in [3.8, 4) is 11.3 Å². The van der Waals surface area contributed by atoms with E-state index in [9.17, 15) is 4.79 Å². The van der Waals surface area contributed by atoms with Crippen molar-refractivity contribution in [1.82, 2.24) is 10.4 Å². The van der Waals surface area contributed by atoms with E-state index in [4.69, 9.17) is 4.42 Å². The zero-order chi connectivity index (χ0) is 16.9. The van der Waals surface area contributed by atoms with Crippen molar-refractivity contribution in [2.75, 3.05) is 0 Å². The first kappa shape index (κ1) is 16.1. The summed E-state index contributed by atoms with van der Waals surface area (Å²) >= 11 is 3.40. The Bertz CT molecular complexity index is 868. The Morgan fingerprint density at radius 3 is 2.67 bits per heavy atom. The molecule has 0 radical (unpaired) electrons. The minimum Gasteiger partial charge on any atom is -0.455 e. The lowest BCUT2D eigenvalue weighted by molar-refractivity contribution is 0.0954. The van der Waals surface area contributed by atoms with Crippen molar-refractivity contribution in [3.63, 3.8) is 0 Å². The van der Waals surface area contributed by atoms with Gasteiger partial charge < -0.3 is 4.42 Å². The highest BCUT2D eigenvalue weighted by Gasteiger charge is 2.05. The average molecular weight is 384 g/mol. The highest BCUT2D eigenvalue weighted by atomic mass is 79.9. The van der Waals surface area contributed by atoms with Crippen LogP contribution in [-0.4, -0.2) is 17.1 Å². The molecule has 0 fully saturated rings. The van der Waals surface area contributed by atoms with E-state index in [1.54, 1.807) is 18.2 Å². The number of nitrogens with one attached hydrogen (secondary N) is 1. The van der Waals surface area contributed by atoms with Gasteiger partial charge in [-0.25, -0.2) is 5.43 Å². The molecule has 24 heavy (non-hydrogen) atoms. The van der Waals surface area contributed by atoms with Gasteiger partial charge in [0.15, 0.2) is 0 Å². The van der Waals surface area contributed by atoms with Crippen LogP contribution in [0.15, 0.2) is 68.7 Å². The number of carbonyl (C=O) groups is 1. The Morgan fingerprint density at radius 2 is 1.96 bits per heavy atom. The number of amides is 1. The number of aromatic nitrogens is 1. The molecular formula is C18H14BrN3O2. The molecule has 6 heteroatoms. The highest BCUT2D eigenvalue weighted by molar-refractivity contribution is 9.10. The highest BCUT2D eigenvalue weighted by Crippen LogP contribution is 2.23. The maximum atomic E-state index is 11.9. The van der Waals surface area contributed by atoms with Gasteiger partial charge in [-0.1, -0.05) is 28.1 Å². The Morgan fingerprint density at radius 1 is 1.17 bits per heavy atom. The molecule has 0 spiro atoms. The quantitative estimate of drug-likeness (QED) is 0.542. The van der Waals surface area contributed by atoms with Crippen LogP contribution in [0.3, 0.4) is 0 Å². The van der Waals surface area contributed by atoms with Crippen molar-refractivity contribution in [3.05, 3.63) is 76.2 Å². The summed E-state index contributed by atoms with van der Waals surface area (Å²) in [5, 5.41) is 3.91. The Labute approximate surface area is 147 Å². The van der Waals surface area contributed by atoms with Crippen LogP contribution < -0.4 is 5.43 Å². The Hall–Kier alpha value is -2.73. The lowest BCUT2D eigenvalue weighted by Crippen LogP contribution is -2.17. The summed E-state index contributed by atoms with van der Waals surface area (Å²) in [5.41, 5.74) is 4.72. The van der Waals surface area contributed by atoms with E-state index in [0.717, 1.165) is 21.5 Å². The summed E-state index contributed by atoms with van der Waals surface area (Å²) in [5.74, 6) is 0.965. The first-order valence-corrected chi connectivity index (χ1v) is 8.03. The fraction of sp³-hybridized carbons (Fsp3) is 0.0556. The number of hydrazone groups is 1. The monoisotopic (exact) mass is 383 g/mol. The molecule has 1 N–H and O–H groups in total. The van der Waals surface area contributed by atoms with E-state index < -0.39 is 0 Å². The van der Waals surface area contributed by atoms with Crippen molar-refractivity contribution >= 4 is 28.1 Å². The van der Waals surface area contributed by atoms with E-state index >= 15 is 0 Å². The Kier molecular flexibility index (Phi) is 4.86. The maximum absolute atomic E-state index is 11.9. The molecule has 3 aromatic rings. The Balaban J connectivity index is 1.64. The van der Waals surface area contributed by atoms with Crippen LogP contribution in [0.5, 0.6) is 0 Å². The number of halogens is 1. The first-order valence-electron chi connectivity index (χ1n) is 7.24. The molecule has 0 bridgehead atoms. The van der Waals surface area contributed by atoms with Gasteiger partial charge in [-0.2, -0.15) is 5.10 Å². The summed E-state index contributed by atoms with van der Waals surface area (Å²) in [6, 6.07) is 14.9. The zero-order valence-electron chi connectivity index (χ0n) is 12.9. The third kappa shape index (κ3) is 3.97. The van der Waals surface area contributed by atoms with Gasteiger partial charge in [0.05, 0.1) is 11.8 Å².